The van der Waals surface area contributed by atoms with Gasteiger partial charge < -0.3 is 0 Å². The maximum absolute atomic E-state index is 13.0. The smallest absolute Gasteiger partial charge is 0.297 e. The van der Waals surface area contributed by atoms with Crippen LogP contribution in [0.5, 0.6) is 0 Å². The molecule has 1 saturated carbocycles. The molecule has 1 atom stereocenters. The summed E-state index contributed by atoms with van der Waals surface area (Å²) in [7, 11) is 0. The molecule has 6 heteroatoms. The molecule has 0 aliphatic heterocycles. The normalized spacial score (nSPS) is 25.9. The van der Waals surface area contributed by atoms with Crippen molar-refractivity contribution in [2.45, 2.75) is 49.9 Å². The SMILES string of the molecule is FC(F)(F)C1(NC2CCCc3sc(Br)cc32)CC1. The van der Waals surface area contributed by atoms with Crippen LogP contribution >= 0.6 is 27.3 Å². The van der Waals surface area contributed by atoms with Crippen LogP contribution in [0.4, 0.5) is 13.2 Å². The molecule has 0 radical (unpaired) electrons. The van der Waals surface area contributed by atoms with E-state index in [9.17, 15) is 13.2 Å². The highest BCUT2D eigenvalue weighted by Crippen LogP contribution is 2.51. The van der Waals surface area contributed by atoms with E-state index in [1.807, 2.05) is 6.07 Å². The van der Waals surface area contributed by atoms with Crippen LogP contribution in [0.15, 0.2) is 9.85 Å². The van der Waals surface area contributed by atoms with Crippen LogP contribution in [0.2, 0.25) is 0 Å². The Morgan fingerprint density at radius 3 is 2.72 bits per heavy atom. The Balaban J connectivity index is 1.83. The molecule has 3 rings (SSSR count). The van der Waals surface area contributed by atoms with Gasteiger partial charge in [0, 0.05) is 10.9 Å². The molecule has 1 fully saturated rings. The molecule has 0 amide bonds. The zero-order chi connectivity index (χ0) is 13.0. The monoisotopic (exact) mass is 339 g/mol. The lowest BCUT2D eigenvalue weighted by Crippen LogP contribution is -2.47. The van der Waals surface area contributed by atoms with Crippen molar-refractivity contribution < 1.29 is 13.2 Å². The standard InChI is InChI=1S/C12H13BrF3NS/c13-10-6-7-8(2-1-3-9(7)18-10)17-11(4-5-11)12(14,15)16/h6,8,17H,1-5H2. The second-order valence-corrected chi connectivity index (χ2v) is 7.61. The maximum Gasteiger partial charge on any atom is 0.406 e. The number of aryl methyl sites for hydroxylation is 1. The van der Waals surface area contributed by atoms with Crippen molar-refractivity contribution in [3.63, 3.8) is 0 Å². The minimum atomic E-state index is -4.13. The zero-order valence-corrected chi connectivity index (χ0v) is 12.0. The molecule has 18 heavy (non-hydrogen) atoms. The van der Waals surface area contributed by atoms with Gasteiger partial charge in [-0.15, -0.1) is 11.3 Å². The molecule has 1 aromatic rings. The number of halogens is 4. The highest BCUT2D eigenvalue weighted by atomic mass is 79.9. The number of hydrogen-bond donors (Lipinski definition) is 1. The number of rotatable bonds is 2. The number of alkyl halides is 3. The minimum Gasteiger partial charge on any atom is -0.297 e. The third-order valence-corrected chi connectivity index (χ3v) is 5.54. The minimum absolute atomic E-state index is 0.138. The van der Waals surface area contributed by atoms with E-state index in [0.717, 1.165) is 28.6 Å². The van der Waals surface area contributed by atoms with Gasteiger partial charge in [0.05, 0.1) is 3.79 Å². The zero-order valence-electron chi connectivity index (χ0n) is 9.61. The second-order valence-electron chi connectivity index (χ2n) is 5.10. The largest absolute Gasteiger partial charge is 0.406 e. The molecule has 0 aromatic carbocycles. The van der Waals surface area contributed by atoms with E-state index in [-0.39, 0.29) is 18.9 Å². The van der Waals surface area contributed by atoms with Gasteiger partial charge in [0.25, 0.3) is 0 Å². The van der Waals surface area contributed by atoms with Crippen molar-refractivity contribution in [3.8, 4) is 0 Å². The van der Waals surface area contributed by atoms with Crippen molar-refractivity contribution in [2.75, 3.05) is 0 Å². The van der Waals surface area contributed by atoms with Gasteiger partial charge in [0.2, 0.25) is 0 Å². The lowest BCUT2D eigenvalue weighted by atomic mass is 9.93. The summed E-state index contributed by atoms with van der Waals surface area (Å²) >= 11 is 5.07. The van der Waals surface area contributed by atoms with E-state index in [0.29, 0.717) is 0 Å². The van der Waals surface area contributed by atoms with Gasteiger partial charge in [-0.1, -0.05) is 0 Å². The molecular weight excluding hydrogens is 327 g/mol. The first-order valence-corrected chi connectivity index (χ1v) is 7.65. The third kappa shape index (κ3) is 2.12. The summed E-state index contributed by atoms with van der Waals surface area (Å²) in [5.41, 5.74) is -0.547. The Morgan fingerprint density at radius 2 is 2.11 bits per heavy atom. The molecule has 0 saturated heterocycles. The fourth-order valence-electron chi connectivity index (χ4n) is 2.64. The summed E-state index contributed by atoms with van der Waals surface area (Å²) in [5, 5.41) is 2.88. The van der Waals surface area contributed by atoms with Gasteiger partial charge in [-0.25, -0.2) is 0 Å². The number of hydrogen-bond acceptors (Lipinski definition) is 2. The Morgan fingerprint density at radius 1 is 1.39 bits per heavy atom. The summed E-state index contributed by atoms with van der Waals surface area (Å²) in [6.07, 6.45) is -0.943. The first-order chi connectivity index (χ1) is 8.41. The molecule has 2 aliphatic carbocycles. The highest BCUT2D eigenvalue weighted by Gasteiger charge is 2.63. The van der Waals surface area contributed by atoms with E-state index in [2.05, 4.69) is 21.2 Å². The summed E-state index contributed by atoms with van der Waals surface area (Å²) in [6, 6.07) is 1.84. The molecule has 1 unspecified atom stereocenters. The van der Waals surface area contributed by atoms with Crippen molar-refractivity contribution in [3.05, 3.63) is 20.3 Å². The molecule has 1 nitrogen and oxygen atoms in total. The fraction of sp³-hybridized carbons (Fsp3) is 0.667. The Labute approximate surface area is 116 Å². The predicted octanol–water partition coefficient (Wildman–Crippen LogP) is 4.57. The Bertz CT molecular complexity index is 464. The van der Waals surface area contributed by atoms with E-state index in [1.54, 1.807) is 11.3 Å². The summed E-state index contributed by atoms with van der Waals surface area (Å²) in [4.78, 5) is 1.23. The highest BCUT2D eigenvalue weighted by molar-refractivity contribution is 9.11. The molecular formula is C12H13BrF3NS. The molecule has 2 aliphatic rings. The number of thiophene rings is 1. The van der Waals surface area contributed by atoms with Crippen molar-refractivity contribution in [1.82, 2.24) is 5.32 Å². The van der Waals surface area contributed by atoms with E-state index >= 15 is 0 Å². The first-order valence-electron chi connectivity index (χ1n) is 6.04. The van der Waals surface area contributed by atoms with Crippen LogP contribution in [0, 0.1) is 0 Å². The van der Waals surface area contributed by atoms with Gasteiger partial charge in [-0.3, -0.25) is 5.32 Å². The van der Waals surface area contributed by atoms with Gasteiger partial charge in [-0.05, 0) is 59.7 Å². The van der Waals surface area contributed by atoms with Crippen LogP contribution in [-0.4, -0.2) is 11.7 Å². The van der Waals surface area contributed by atoms with Gasteiger partial charge in [0.15, 0.2) is 0 Å². The van der Waals surface area contributed by atoms with Crippen molar-refractivity contribution in [1.29, 1.82) is 0 Å². The van der Waals surface area contributed by atoms with Crippen LogP contribution in [0.25, 0.3) is 0 Å². The van der Waals surface area contributed by atoms with E-state index < -0.39 is 11.7 Å². The average molecular weight is 340 g/mol. The Hall–Kier alpha value is -0.0700. The van der Waals surface area contributed by atoms with E-state index in [1.165, 1.54) is 4.88 Å². The molecule has 0 bridgehead atoms. The van der Waals surface area contributed by atoms with Crippen molar-refractivity contribution >= 4 is 27.3 Å². The quantitative estimate of drug-likeness (QED) is 0.831. The van der Waals surface area contributed by atoms with E-state index in [4.69, 9.17) is 0 Å². The topological polar surface area (TPSA) is 12.0 Å². The molecule has 1 N–H and O–H groups in total. The lowest BCUT2D eigenvalue weighted by molar-refractivity contribution is -0.168. The van der Waals surface area contributed by atoms with Crippen LogP contribution in [-0.2, 0) is 6.42 Å². The van der Waals surface area contributed by atoms with Gasteiger partial charge in [-0.2, -0.15) is 13.2 Å². The summed E-state index contributed by atoms with van der Waals surface area (Å²) in [6.45, 7) is 0. The Kier molecular flexibility index (Phi) is 3.03. The molecule has 1 heterocycles. The average Bonchev–Trinajstić information content (AvgIpc) is 2.94. The molecule has 100 valence electrons. The van der Waals surface area contributed by atoms with Crippen LogP contribution in [0.3, 0.4) is 0 Å². The summed E-state index contributed by atoms with van der Waals surface area (Å²) in [5.74, 6) is 0. The molecule has 1 aromatic heterocycles. The third-order valence-electron chi connectivity index (χ3n) is 3.83. The summed E-state index contributed by atoms with van der Waals surface area (Å²) < 4.78 is 39.9. The van der Waals surface area contributed by atoms with Crippen molar-refractivity contribution in [2.24, 2.45) is 0 Å². The predicted molar refractivity (Wildman–Crippen MR) is 68.9 cm³/mol. The van der Waals surface area contributed by atoms with Crippen LogP contribution in [0.1, 0.15) is 42.2 Å². The number of fused-ring (bicyclic) bond motifs is 1. The van der Waals surface area contributed by atoms with Gasteiger partial charge in [0.1, 0.15) is 5.54 Å². The van der Waals surface area contributed by atoms with Gasteiger partial charge >= 0.3 is 6.18 Å². The first kappa shape index (κ1) is 12.9. The second kappa shape index (κ2) is 4.21. The number of nitrogens with one attached hydrogen (secondary N) is 1. The fourth-order valence-corrected chi connectivity index (χ4v) is 4.46. The van der Waals surface area contributed by atoms with Crippen LogP contribution < -0.4 is 5.32 Å². The maximum atomic E-state index is 13.0. The lowest BCUT2D eigenvalue weighted by Gasteiger charge is -2.30. The molecule has 0 spiro atoms.